The molecule has 25 heavy (non-hydrogen) atoms. The van der Waals surface area contributed by atoms with Gasteiger partial charge in [-0.05, 0) is 49.9 Å². The second kappa shape index (κ2) is 8.16. The summed E-state index contributed by atoms with van der Waals surface area (Å²) in [7, 11) is -3.69. The molecule has 1 amide bonds. The third-order valence-electron chi connectivity index (χ3n) is 4.70. The van der Waals surface area contributed by atoms with Gasteiger partial charge in [0.1, 0.15) is 6.04 Å². The molecular weight excluding hydrogens is 408 g/mol. The molecule has 0 bridgehead atoms. The fourth-order valence-electron chi connectivity index (χ4n) is 3.33. The lowest BCUT2D eigenvalue weighted by Crippen LogP contribution is -2.52. The van der Waals surface area contributed by atoms with E-state index >= 15 is 0 Å². The van der Waals surface area contributed by atoms with Gasteiger partial charge in [-0.15, -0.1) is 0 Å². The van der Waals surface area contributed by atoms with Crippen LogP contribution in [0.5, 0.6) is 0 Å². The van der Waals surface area contributed by atoms with E-state index in [9.17, 15) is 13.2 Å². The highest BCUT2D eigenvalue weighted by Gasteiger charge is 2.37. The number of carbonyl (C=O) groups is 1. The molecule has 0 radical (unpaired) electrons. The van der Waals surface area contributed by atoms with Crippen LogP contribution in [-0.4, -0.2) is 50.5 Å². The topological polar surface area (TPSA) is 75.7 Å². The van der Waals surface area contributed by atoms with Crippen LogP contribution in [-0.2, 0) is 19.6 Å². The van der Waals surface area contributed by atoms with Crippen molar-refractivity contribution in [1.82, 2.24) is 9.62 Å². The van der Waals surface area contributed by atoms with Gasteiger partial charge in [-0.1, -0.05) is 22.4 Å². The first-order valence-electron chi connectivity index (χ1n) is 8.65. The number of hydrogen-bond donors (Lipinski definition) is 1. The summed E-state index contributed by atoms with van der Waals surface area (Å²) in [6.45, 7) is 1.55. The zero-order valence-electron chi connectivity index (χ0n) is 14.0. The van der Waals surface area contributed by atoms with Crippen LogP contribution in [0.25, 0.3) is 0 Å². The predicted octanol–water partition coefficient (Wildman–Crippen LogP) is 2.29. The molecule has 2 heterocycles. The van der Waals surface area contributed by atoms with Crippen LogP contribution in [0.3, 0.4) is 0 Å². The lowest BCUT2D eigenvalue weighted by atomic mass is 10.0. The zero-order chi connectivity index (χ0) is 17.9. The van der Waals surface area contributed by atoms with Gasteiger partial charge >= 0.3 is 0 Å². The monoisotopic (exact) mass is 430 g/mol. The first kappa shape index (κ1) is 18.8. The minimum atomic E-state index is -3.69. The maximum atomic E-state index is 13.0. The summed E-state index contributed by atoms with van der Waals surface area (Å²) in [6, 6.07) is 5.88. The third-order valence-corrected chi connectivity index (χ3v) is 7.16. The van der Waals surface area contributed by atoms with Crippen LogP contribution >= 0.6 is 15.9 Å². The van der Waals surface area contributed by atoms with E-state index in [2.05, 4.69) is 21.2 Å². The van der Waals surface area contributed by atoms with Gasteiger partial charge in [-0.25, -0.2) is 8.42 Å². The van der Waals surface area contributed by atoms with E-state index in [-0.39, 0.29) is 16.9 Å². The Kier molecular flexibility index (Phi) is 6.14. The maximum Gasteiger partial charge on any atom is 0.243 e. The highest BCUT2D eigenvalue weighted by Crippen LogP contribution is 2.26. The molecule has 8 heteroatoms. The Morgan fingerprint density at radius 1 is 1.20 bits per heavy atom. The van der Waals surface area contributed by atoms with Gasteiger partial charge in [-0.3, -0.25) is 4.79 Å². The van der Waals surface area contributed by atoms with E-state index in [0.717, 1.165) is 36.8 Å². The summed E-state index contributed by atoms with van der Waals surface area (Å²) in [5, 5.41) is 2.88. The van der Waals surface area contributed by atoms with Crippen molar-refractivity contribution < 1.29 is 17.9 Å². The second-order valence-corrected chi connectivity index (χ2v) is 9.27. The molecule has 1 N–H and O–H groups in total. The number of rotatable bonds is 5. The first-order valence-corrected chi connectivity index (χ1v) is 10.9. The molecule has 6 nitrogen and oxygen atoms in total. The maximum absolute atomic E-state index is 13.0. The largest absolute Gasteiger partial charge is 0.376 e. The van der Waals surface area contributed by atoms with Crippen molar-refractivity contribution in [3.8, 4) is 0 Å². The summed E-state index contributed by atoms with van der Waals surface area (Å²) in [5.41, 5.74) is 0. The first-order chi connectivity index (χ1) is 12.0. The van der Waals surface area contributed by atoms with Gasteiger partial charge < -0.3 is 10.1 Å². The van der Waals surface area contributed by atoms with Crippen LogP contribution in [0.15, 0.2) is 33.6 Å². The third kappa shape index (κ3) is 4.42. The van der Waals surface area contributed by atoms with Gasteiger partial charge in [0.2, 0.25) is 15.9 Å². The van der Waals surface area contributed by atoms with Crippen molar-refractivity contribution in [3.05, 3.63) is 28.7 Å². The van der Waals surface area contributed by atoms with Crippen molar-refractivity contribution in [2.75, 3.05) is 19.7 Å². The zero-order valence-corrected chi connectivity index (χ0v) is 16.4. The quantitative estimate of drug-likeness (QED) is 0.777. The molecule has 0 aromatic heterocycles. The lowest BCUT2D eigenvalue weighted by Gasteiger charge is -2.33. The molecule has 0 aliphatic carbocycles. The van der Waals surface area contributed by atoms with Crippen LogP contribution in [0, 0.1) is 0 Å². The minimum Gasteiger partial charge on any atom is -0.376 e. The molecule has 0 saturated carbocycles. The van der Waals surface area contributed by atoms with Gasteiger partial charge in [0.15, 0.2) is 0 Å². The molecule has 0 spiro atoms. The second-order valence-electron chi connectivity index (χ2n) is 6.46. The number of benzene rings is 1. The Labute approximate surface area is 157 Å². The molecule has 2 atom stereocenters. The number of piperidine rings is 1. The van der Waals surface area contributed by atoms with Crippen LogP contribution < -0.4 is 5.32 Å². The van der Waals surface area contributed by atoms with Crippen molar-refractivity contribution in [2.45, 2.75) is 49.1 Å². The molecule has 2 aliphatic heterocycles. The van der Waals surface area contributed by atoms with Crippen LogP contribution in [0.2, 0.25) is 0 Å². The number of amides is 1. The lowest BCUT2D eigenvalue weighted by molar-refractivity contribution is -0.126. The Morgan fingerprint density at radius 2 is 1.96 bits per heavy atom. The fraction of sp³-hybridized carbons (Fsp3) is 0.588. The van der Waals surface area contributed by atoms with E-state index in [1.165, 1.54) is 4.31 Å². The number of nitrogens with one attached hydrogen (secondary N) is 1. The molecule has 2 fully saturated rings. The number of sulfonamides is 1. The van der Waals surface area contributed by atoms with E-state index in [0.29, 0.717) is 19.5 Å². The van der Waals surface area contributed by atoms with Gasteiger partial charge in [0.05, 0.1) is 11.0 Å². The molecule has 138 valence electrons. The van der Waals surface area contributed by atoms with Crippen LogP contribution in [0.4, 0.5) is 0 Å². The SMILES string of the molecule is O=C(NCC1CCCO1)C1CCCCN1S(=O)(=O)c1ccc(Br)cc1. The smallest absolute Gasteiger partial charge is 0.243 e. The summed E-state index contributed by atoms with van der Waals surface area (Å²) in [6.07, 6.45) is 4.16. The molecule has 2 saturated heterocycles. The summed E-state index contributed by atoms with van der Waals surface area (Å²) in [5.74, 6) is -0.226. The Balaban J connectivity index is 1.73. The molecule has 2 aliphatic rings. The van der Waals surface area contributed by atoms with Gasteiger partial charge in [0, 0.05) is 24.2 Å². The van der Waals surface area contributed by atoms with Crippen molar-refractivity contribution in [1.29, 1.82) is 0 Å². The Hall–Kier alpha value is -0.960. The van der Waals surface area contributed by atoms with E-state index in [1.807, 2.05) is 0 Å². The Bertz CT molecular complexity index is 702. The average molecular weight is 431 g/mol. The number of hydrogen-bond acceptors (Lipinski definition) is 4. The molecule has 3 rings (SSSR count). The summed E-state index contributed by atoms with van der Waals surface area (Å²) >= 11 is 3.31. The van der Waals surface area contributed by atoms with E-state index < -0.39 is 16.1 Å². The highest BCUT2D eigenvalue weighted by atomic mass is 79.9. The molecule has 1 aromatic carbocycles. The van der Waals surface area contributed by atoms with Crippen molar-refractivity contribution in [2.24, 2.45) is 0 Å². The van der Waals surface area contributed by atoms with E-state index in [1.54, 1.807) is 24.3 Å². The predicted molar refractivity (Wildman–Crippen MR) is 97.7 cm³/mol. The van der Waals surface area contributed by atoms with E-state index in [4.69, 9.17) is 4.74 Å². The number of halogens is 1. The number of carbonyl (C=O) groups excluding carboxylic acids is 1. The van der Waals surface area contributed by atoms with Gasteiger partial charge in [0.25, 0.3) is 0 Å². The van der Waals surface area contributed by atoms with Gasteiger partial charge in [-0.2, -0.15) is 4.31 Å². The summed E-state index contributed by atoms with van der Waals surface area (Å²) in [4.78, 5) is 12.8. The number of ether oxygens (including phenoxy) is 1. The fourth-order valence-corrected chi connectivity index (χ4v) is 5.26. The van der Waals surface area contributed by atoms with Crippen molar-refractivity contribution in [3.63, 3.8) is 0 Å². The number of nitrogens with zero attached hydrogens (tertiary/aromatic N) is 1. The molecular formula is C17H23BrN2O4S. The van der Waals surface area contributed by atoms with Crippen molar-refractivity contribution >= 4 is 31.9 Å². The van der Waals surface area contributed by atoms with Crippen LogP contribution in [0.1, 0.15) is 32.1 Å². The Morgan fingerprint density at radius 3 is 2.64 bits per heavy atom. The highest BCUT2D eigenvalue weighted by molar-refractivity contribution is 9.10. The molecule has 1 aromatic rings. The summed E-state index contributed by atoms with van der Waals surface area (Å²) < 4.78 is 33.6. The average Bonchev–Trinajstić information content (AvgIpc) is 3.13. The molecule has 2 unspecified atom stereocenters. The minimum absolute atomic E-state index is 0.0454. The standard InChI is InChI=1S/C17H23BrN2O4S/c18-13-6-8-15(9-7-13)25(22,23)20-10-2-1-5-16(20)17(21)19-12-14-4-3-11-24-14/h6-9,14,16H,1-5,10-12H2,(H,19,21). The normalized spacial score (nSPS) is 25.0.